The molecule has 4 rings (SSSR count). The lowest BCUT2D eigenvalue weighted by molar-refractivity contribution is -0.137. The molecule has 0 N–H and O–H groups in total. The van der Waals surface area contributed by atoms with Crippen molar-refractivity contribution in [3.05, 3.63) is 30.3 Å². The lowest BCUT2D eigenvalue weighted by atomic mass is 9.99. The third kappa shape index (κ3) is 2.63. The minimum atomic E-state index is -0.0287. The second kappa shape index (κ2) is 5.96. The topological polar surface area (TPSA) is 49.9 Å². The molecule has 0 spiro atoms. The molecule has 1 aromatic rings. The Kier molecular flexibility index (Phi) is 3.81. The van der Waals surface area contributed by atoms with Gasteiger partial charge in [-0.05, 0) is 25.0 Å². The van der Waals surface area contributed by atoms with Gasteiger partial charge in [0.2, 0.25) is 11.8 Å². The zero-order valence-corrected chi connectivity index (χ0v) is 13.2. The molecule has 0 bridgehead atoms. The summed E-state index contributed by atoms with van der Waals surface area (Å²) in [6.07, 6.45) is 1.63. The molecule has 122 valence electrons. The SMILES string of the molecule is O=C(C1CCOCC1)N1CC2CN(c3ccccc3)C(=O)C2C1. The van der Waals surface area contributed by atoms with Gasteiger partial charge in [0.05, 0.1) is 5.92 Å². The van der Waals surface area contributed by atoms with Gasteiger partial charge in [0.25, 0.3) is 0 Å². The van der Waals surface area contributed by atoms with Gasteiger partial charge >= 0.3 is 0 Å². The number of carbonyl (C=O) groups excluding carboxylic acids is 2. The molecule has 3 fully saturated rings. The maximum absolute atomic E-state index is 12.7. The maximum Gasteiger partial charge on any atom is 0.232 e. The molecule has 23 heavy (non-hydrogen) atoms. The van der Waals surface area contributed by atoms with Crippen LogP contribution >= 0.6 is 0 Å². The third-order valence-corrected chi connectivity index (χ3v) is 5.39. The molecule has 3 saturated heterocycles. The Balaban J connectivity index is 1.42. The van der Waals surface area contributed by atoms with Crippen molar-refractivity contribution in [3.8, 4) is 0 Å². The Morgan fingerprint density at radius 2 is 1.78 bits per heavy atom. The van der Waals surface area contributed by atoms with E-state index in [1.165, 1.54) is 0 Å². The summed E-state index contributed by atoms with van der Waals surface area (Å²) in [5.74, 6) is 0.721. The summed E-state index contributed by atoms with van der Waals surface area (Å²) in [7, 11) is 0. The summed E-state index contributed by atoms with van der Waals surface area (Å²) in [6, 6.07) is 9.82. The predicted molar refractivity (Wildman–Crippen MR) is 85.9 cm³/mol. The molecular formula is C18H22N2O3. The summed E-state index contributed by atoms with van der Waals surface area (Å²) >= 11 is 0. The van der Waals surface area contributed by atoms with E-state index in [9.17, 15) is 9.59 Å². The van der Waals surface area contributed by atoms with Crippen LogP contribution in [0.3, 0.4) is 0 Å². The van der Waals surface area contributed by atoms with E-state index in [0.29, 0.717) is 19.8 Å². The van der Waals surface area contributed by atoms with E-state index < -0.39 is 0 Å². The number of likely N-dealkylation sites (tertiary alicyclic amines) is 1. The maximum atomic E-state index is 12.7. The van der Waals surface area contributed by atoms with Gasteiger partial charge < -0.3 is 14.5 Å². The first-order chi connectivity index (χ1) is 11.2. The Bertz CT molecular complexity index is 598. The van der Waals surface area contributed by atoms with Crippen molar-refractivity contribution in [2.24, 2.45) is 17.8 Å². The highest BCUT2D eigenvalue weighted by molar-refractivity contribution is 5.98. The molecule has 5 nitrogen and oxygen atoms in total. The molecule has 3 aliphatic rings. The second-order valence-electron chi connectivity index (χ2n) is 6.78. The Hall–Kier alpha value is -1.88. The van der Waals surface area contributed by atoms with Crippen LogP contribution in [0.2, 0.25) is 0 Å². The van der Waals surface area contributed by atoms with Crippen LogP contribution in [0.5, 0.6) is 0 Å². The number of nitrogens with zero attached hydrogens (tertiary/aromatic N) is 2. The number of amides is 2. The van der Waals surface area contributed by atoms with Crippen molar-refractivity contribution >= 4 is 17.5 Å². The highest BCUT2D eigenvalue weighted by Crippen LogP contribution is 2.36. The van der Waals surface area contributed by atoms with Crippen molar-refractivity contribution in [2.45, 2.75) is 12.8 Å². The highest BCUT2D eigenvalue weighted by Gasteiger charge is 2.48. The fraction of sp³-hybridized carbons (Fsp3) is 0.556. The molecule has 3 aliphatic heterocycles. The lowest BCUT2D eigenvalue weighted by Gasteiger charge is -2.27. The molecule has 0 aromatic heterocycles. The first-order valence-corrected chi connectivity index (χ1v) is 8.47. The van der Waals surface area contributed by atoms with Gasteiger partial charge in [-0.15, -0.1) is 0 Å². The monoisotopic (exact) mass is 314 g/mol. The van der Waals surface area contributed by atoms with E-state index in [-0.39, 0.29) is 29.6 Å². The summed E-state index contributed by atoms with van der Waals surface area (Å²) < 4.78 is 5.34. The van der Waals surface area contributed by atoms with Crippen molar-refractivity contribution in [1.29, 1.82) is 0 Å². The van der Waals surface area contributed by atoms with Crippen LogP contribution in [0.15, 0.2) is 30.3 Å². The van der Waals surface area contributed by atoms with Crippen LogP contribution in [0, 0.1) is 17.8 Å². The van der Waals surface area contributed by atoms with Crippen molar-refractivity contribution in [1.82, 2.24) is 4.90 Å². The van der Waals surface area contributed by atoms with Crippen LogP contribution in [-0.4, -0.2) is 49.6 Å². The minimum Gasteiger partial charge on any atom is -0.381 e. The average molecular weight is 314 g/mol. The fourth-order valence-electron chi connectivity index (χ4n) is 4.08. The molecule has 2 amide bonds. The standard InChI is InChI=1S/C18H22N2O3/c21-17(13-6-8-23-9-7-13)19-10-14-11-20(18(22)16(14)12-19)15-4-2-1-3-5-15/h1-5,13-14,16H,6-12H2. The number of carbonyl (C=O) groups is 2. The Morgan fingerprint density at radius 1 is 1.04 bits per heavy atom. The van der Waals surface area contributed by atoms with Crippen LogP contribution in [0.1, 0.15) is 12.8 Å². The average Bonchev–Trinajstić information content (AvgIpc) is 3.16. The first-order valence-electron chi connectivity index (χ1n) is 8.47. The third-order valence-electron chi connectivity index (χ3n) is 5.39. The van der Waals surface area contributed by atoms with E-state index in [0.717, 1.165) is 31.6 Å². The molecule has 2 atom stereocenters. The molecule has 5 heteroatoms. The molecule has 0 radical (unpaired) electrons. The summed E-state index contributed by atoms with van der Waals surface area (Å²) in [5.41, 5.74) is 0.967. The number of benzene rings is 1. The van der Waals surface area contributed by atoms with Gasteiger partial charge in [0.15, 0.2) is 0 Å². The number of hydrogen-bond donors (Lipinski definition) is 0. The Morgan fingerprint density at radius 3 is 2.48 bits per heavy atom. The van der Waals surface area contributed by atoms with Gasteiger partial charge in [-0.1, -0.05) is 18.2 Å². The number of hydrogen-bond acceptors (Lipinski definition) is 3. The predicted octanol–water partition coefficient (Wildman–Crippen LogP) is 1.53. The molecule has 0 saturated carbocycles. The lowest BCUT2D eigenvalue weighted by Crippen LogP contribution is -2.40. The van der Waals surface area contributed by atoms with Crippen LogP contribution in [0.4, 0.5) is 5.69 Å². The van der Waals surface area contributed by atoms with Gasteiger partial charge in [0.1, 0.15) is 0 Å². The van der Waals surface area contributed by atoms with Gasteiger partial charge in [-0.25, -0.2) is 0 Å². The highest BCUT2D eigenvalue weighted by atomic mass is 16.5. The van der Waals surface area contributed by atoms with E-state index in [1.54, 1.807) is 0 Å². The minimum absolute atomic E-state index is 0.0287. The van der Waals surface area contributed by atoms with Crippen molar-refractivity contribution in [3.63, 3.8) is 0 Å². The van der Waals surface area contributed by atoms with E-state index in [1.807, 2.05) is 40.1 Å². The largest absolute Gasteiger partial charge is 0.381 e. The summed E-state index contributed by atoms with van der Waals surface area (Å²) in [4.78, 5) is 29.1. The van der Waals surface area contributed by atoms with Crippen molar-refractivity contribution < 1.29 is 14.3 Å². The van der Waals surface area contributed by atoms with E-state index >= 15 is 0 Å². The zero-order valence-electron chi connectivity index (χ0n) is 13.2. The quantitative estimate of drug-likeness (QED) is 0.832. The summed E-state index contributed by atoms with van der Waals surface area (Å²) in [6.45, 7) is 3.39. The van der Waals surface area contributed by atoms with Gasteiger partial charge in [-0.2, -0.15) is 0 Å². The summed E-state index contributed by atoms with van der Waals surface area (Å²) in [5, 5.41) is 0. The van der Waals surface area contributed by atoms with Gasteiger partial charge in [0, 0.05) is 50.4 Å². The molecule has 1 aromatic carbocycles. The van der Waals surface area contributed by atoms with Crippen molar-refractivity contribution in [2.75, 3.05) is 37.7 Å². The molecule has 0 aliphatic carbocycles. The Labute approximate surface area is 136 Å². The van der Waals surface area contributed by atoms with E-state index in [2.05, 4.69) is 0 Å². The van der Waals surface area contributed by atoms with E-state index in [4.69, 9.17) is 4.74 Å². The van der Waals surface area contributed by atoms with Crippen LogP contribution in [-0.2, 0) is 14.3 Å². The first kappa shape index (κ1) is 14.7. The molecular weight excluding hydrogens is 292 g/mol. The van der Waals surface area contributed by atoms with Crippen LogP contribution < -0.4 is 4.90 Å². The van der Waals surface area contributed by atoms with Gasteiger partial charge in [-0.3, -0.25) is 9.59 Å². The number of rotatable bonds is 2. The number of para-hydroxylation sites is 1. The second-order valence-corrected chi connectivity index (χ2v) is 6.78. The zero-order chi connectivity index (χ0) is 15.8. The number of ether oxygens (including phenoxy) is 1. The smallest absolute Gasteiger partial charge is 0.232 e. The number of anilines is 1. The number of fused-ring (bicyclic) bond motifs is 1. The normalized spacial score (nSPS) is 28.3. The van der Waals surface area contributed by atoms with Crippen LogP contribution in [0.25, 0.3) is 0 Å². The molecule has 2 unspecified atom stereocenters. The fourth-order valence-corrected chi connectivity index (χ4v) is 4.08. The molecule has 3 heterocycles.